The summed E-state index contributed by atoms with van der Waals surface area (Å²) in [4.78, 5) is 15.8. The van der Waals surface area contributed by atoms with Crippen LogP contribution in [0.15, 0.2) is 42.7 Å². The number of nitrogens with zero attached hydrogens (tertiary/aromatic N) is 1. The summed E-state index contributed by atoms with van der Waals surface area (Å²) >= 11 is 0. The summed E-state index contributed by atoms with van der Waals surface area (Å²) in [5.74, 6) is 0. The summed E-state index contributed by atoms with van der Waals surface area (Å²) in [6.45, 7) is 2.33. The second-order valence-electron chi connectivity index (χ2n) is 4.17. The van der Waals surface area contributed by atoms with Gasteiger partial charge in [-0.05, 0) is 36.2 Å². The van der Waals surface area contributed by atoms with Crippen LogP contribution < -0.4 is 16.4 Å². The van der Waals surface area contributed by atoms with Crippen LogP contribution in [-0.4, -0.2) is 11.0 Å². The lowest BCUT2D eigenvalue weighted by Gasteiger charge is -2.10. The number of nitrogens with two attached hydrogens (primary N) is 1. The van der Waals surface area contributed by atoms with E-state index in [9.17, 15) is 4.79 Å². The van der Waals surface area contributed by atoms with Crippen LogP contribution in [0.1, 0.15) is 11.1 Å². The van der Waals surface area contributed by atoms with Crippen molar-refractivity contribution in [1.82, 2.24) is 4.98 Å². The molecule has 0 aliphatic carbocycles. The molecule has 2 aromatic rings. The fraction of sp³-hybridized carbons (Fsp3) is 0.143. The Morgan fingerprint density at radius 2 is 2.16 bits per heavy atom. The maximum absolute atomic E-state index is 11.9. The van der Waals surface area contributed by atoms with Crippen LogP contribution in [0.2, 0.25) is 0 Å². The van der Waals surface area contributed by atoms with E-state index < -0.39 is 0 Å². The van der Waals surface area contributed by atoms with Gasteiger partial charge in [0.2, 0.25) is 0 Å². The molecule has 19 heavy (non-hydrogen) atoms. The van der Waals surface area contributed by atoms with Gasteiger partial charge >= 0.3 is 6.03 Å². The summed E-state index contributed by atoms with van der Waals surface area (Å²) in [5.41, 5.74) is 8.89. The molecular formula is C14H16N4O. The Labute approximate surface area is 111 Å². The van der Waals surface area contributed by atoms with E-state index in [1.54, 1.807) is 18.5 Å². The highest BCUT2D eigenvalue weighted by Gasteiger charge is 2.04. The maximum Gasteiger partial charge on any atom is 0.323 e. The third-order valence-electron chi connectivity index (χ3n) is 2.69. The number of pyridine rings is 1. The fourth-order valence-corrected chi connectivity index (χ4v) is 1.67. The van der Waals surface area contributed by atoms with E-state index in [1.165, 1.54) is 0 Å². The highest BCUT2D eigenvalue weighted by atomic mass is 16.2. The topological polar surface area (TPSA) is 80.0 Å². The summed E-state index contributed by atoms with van der Waals surface area (Å²) in [7, 11) is 0. The normalized spacial score (nSPS) is 10.0. The van der Waals surface area contributed by atoms with Gasteiger partial charge in [0, 0.05) is 30.3 Å². The molecule has 98 valence electrons. The number of amides is 2. The van der Waals surface area contributed by atoms with Crippen molar-refractivity contribution in [2.24, 2.45) is 5.73 Å². The molecule has 1 aromatic carbocycles. The number of nitrogens with one attached hydrogen (secondary N) is 2. The van der Waals surface area contributed by atoms with E-state index in [0.29, 0.717) is 12.2 Å². The van der Waals surface area contributed by atoms with Gasteiger partial charge in [-0.2, -0.15) is 0 Å². The van der Waals surface area contributed by atoms with Crippen LogP contribution in [0.3, 0.4) is 0 Å². The first kappa shape index (κ1) is 13.0. The van der Waals surface area contributed by atoms with Crippen LogP contribution in [0, 0.1) is 6.92 Å². The molecule has 1 aromatic heterocycles. The molecule has 5 nitrogen and oxygen atoms in total. The second-order valence-corrected chi connectivity index (χ2v) is 4.17. The molecule has 0 saturated carbocycles. The molecule has 2 rings (SSSR count). The van der Waals surface area contributed by atoms with Crippen molar-refractivity contribution in [3.05, 3.63) is 53.9 Å². The van der Waals surface area contributed by atoms with E-state index in [-0.39, 0.29) is 6.03 Å². The Bertz CT molecular complexity index is 583. The van der Waals surface area contributed by atoms with E-state index >= 15 is 0 Å². The van der Waals surface area contributed by atoms with Crippen molar-refractivity contribution < 1.29 is 4.79 Å². The first-order valence-electron chi connectivity index (χ1n) is 5.96. The van der Waals surface area contributed by atoms with Crippen molar-refractivity contribution in [3.63, 3.8) is 0 Å². The maximum atomic E-state index is 11.9. The Morgan fingerprint density at radius 1 is 1.32 bits per heavy atom. The predicted molar refractivity (Wildman–Crippen MR) is 75.9 cm³/mol. The molecule has 2 amide bonds. The summed E-state index contributed by atoms with van der Waals surface area (Å²) in [6, 6.07) is 8.90. The van der Waals surface area contributed by atoms with Crippen LogP contribution in [0.25, 0.3) is 0 Å². The fourth-order valence-electron chi connectivity index (χ4n) is 1.67. The summed E-state index contributed by atoms with van der Waals surface area (Å²) in [6.07, 6.45) is 3.34. The highest BCUT2D eigenvalue weighted by Crippen LogP contribution is 2.14. The van der Waals surface area contributed by atoms with Gasteiger partial charge in [0.05, 0.1) is 0 Å². The van der Waals surface area contributed by atoms with Gasteiger partial charge in [-0.15, -0.1) is 0 Å². The molecule has 0 fully saturated rings. The number of aryl methyl sites for hydroxylation is 1. The molecule has 0 atom stereocenters. The van der Waals surface area contributed by atoms with E-state index in [1.807, 2.05) is 31.2 Å². The van der Waals surface area contributed by atoms with Gasteiger partial charge in [0.1, 0.15) is 0 Å². The average molecular weight is 256 g/mol. The zero-order valence-electron chi connectivity index (χ0n) is 10.7. The smallest absolute Gasteiger partial charge is 0.323 e. The van der Waals surface area contributed by atoms with E-state index in [4.69, 9.17) is 5.73 Å². The van der Waals surface area contributed by atoms with Crippen LogP contribution in [0.5, 0.6) is 0 Å². The van der Waals surface area contributed by atoms with Crippen LogP contribution in [-0.2, 0) is 6.54 Å². The number of carbonyl (C=O) groups excluding carboxylic acids is 1. The standard InChI is InChI=1S/C14H16N4O/c1-10-9-16-6-5-13(10)18-14(19)17-12-4-2-3-11(7-12)8-15/h2-7,9H,8,15H2,1H3,(H2,16,17,18,19). The Kier molecular flexibility index (Phi) is 4.10. The minimum Gasteiger partial charge on any atom is -0.326 e. The molecule has 0 aliphatic rings. The van der Waals surface area contributed by atoms with Crippen molar-refractivity contribution in [1.29, 1.82) is 0 Å². The Balaban J connectivity index is 2.03. The zero-order chi connectivity index (χ0) is 13.7. The zero-order valence-corrected chi connectivity index (χ0v) is 10.7. The lowest BCUT2D eigenvalue weighted by atomic mass is 10.2. The minimum atomic E-state index is -0.288. The van der Waals surface area contributed by atoms with E-state index in [2.05, 4.69) is 15.6 Å². The first-order chi connectivity index (χ1) is 9.19. The van der Waals surface area contributed by atoms with Gasteiger partial charge in [0.15, 0.2) is 0 Å². The molecule has 0 bridgehead atoms. The molecule has 1 heterocycles. The van der Waals surface area contributed by atoms with Gasteiger partial charge in [-0.3, -0.25) is 4.98 Å². The van der Waals surface area contributed by atoms with Crippen molar-refractivity contribution in [2.45, 2.75) is 13.5 Å². The second kappa shape index (κ2) is 5.97. The monoisotopic (exact) mass is 256 g/mol. The largest absolute Gasteiger partial charge is 0.326 e. The highest BCUT2D eigenvalue weighted by molar-refractivity contribution is 6.00. The first-order valence-corrected chi connectivity index (χ1v) is 5.96. The van der Waals surface area contributed by atoms with Crippen molar-refractivity contribution in [2.75, 3.05) is 10.6 Å². The average Bonchev–Trinajstić information content (AvgIpc) is 2.41. The minimum absolute atomic E-state index is 0.288. The summed E-state index contributed by atoms with van der Waals surface area (Å²) < 4.78 is 0. The molecule has 4 N–H and O–H groups in total. The molecular weight excluding hydrogens is 240 g/mol. The summed E-state index contributed by atoms with van der Waals surface area (Å²) in [5, 5.41) is 5.54. The number of rotatable bonds is 3. The number of aromatic nitrogens is 1. The molecule has 5 heteroatoms. The third kappa shape index (κ3) is 3.53. The predicted octanol–water partition coefficient (Wildman–Crippen LogP) is 2.49. The number of hydrogen-bond acceptors (Lipinski definition) is 3. The van der Waals surface area contributed by atoms with Gasteiger partial charge in [-0.25, -0.2) is 4.79 Å². The van der Waals surface area contributed by atoms with Gasteiger partial charge in [-0.1, -0.05) is 12.1 Å². The number of benzene rings is 1. The number of urea groups is 1. The third-order valence-corrected chi connectivity index (χ3v) is 2.69. The number of anilines is 2. The molecule has 0 saturated heterocycles. The van der Waals surface area contributed by atoms with E-state index in [0.717, 1.165) is 16.8 Å². The molecule has 0 radical (unpaired) electrons. The Morgan fingerprint density at radius 3 is 2.89 bits per heavy atom. The van der Waals surface area contributed by atoms with Gasteiger partial charge < -0.3 is 16.4 Å². The SMILES string of the molecule is Cc1cnccc1NC(=O)Nc1cccc(CN)c1. The quantitative estimate of drug-likeness (QED) is 0.789. The van der Waals surface area contributed by atoms with Crippen molar-refractivity contribution >= 4 is 17.4 Å². The van der Waals surface area contributed by atoms with Crippen LogP contribution in [0.4, 0.5) is 16.2 Å². The van der Waals surface area contributed by atoms with Gasteiger partial charge in [0.25, 0.3) is 0 Å². The number of hydrogen-bond donors (Lipinski definition) is 3. The molecule has 0 unspecified atom stereocenters. The lowest BCUT2D eigenvalue weighted by molar-refractivity contribution is 0.262. The molecule has 0 spiro atoms. The number of carbonyl (C=O) groups is 1. The van der Waals surface area contributed by atoms with Crippen LogP contribution >= 0.6 is 0 Å². The lowest BCUT2D eigenvalue weighted by Crippen LogP contribution is -2.20. The Hall–Kier alpha value is -2.40. The van der Waals surface area contributed by atoms with Crippen molar-refractivity contribution in [3.8, 4) is 0 Å². The molecule has 0 aliphatic heterocycles.